The topological polar surface area (TPSA) is 32.3 Å². The van der Waals surface area contributed by atoms with E-state index < -0.39 is 6.10 Å². The molecule has 1 saturated carbocycles. The zero-order chi connectivity index (χ0) is 13.7. The van der Waals surface area contributed by atoms with Gasteiger partial charge in [0.1, 0.15) is 5.82 Å². The third-order valence-electron chi connectivity index (χ3n) is 4.24. The number of hydrogen-bond donors (Lipinski definition) is 2. The lowest BCUT2D eigenvalue weighted by Crippen LogP contribution is -2.37. The van der Waals surface area contributed by atoms with E-state index in [1.165, 1.54) is 44.2 Å². The van der Waals surface area contributed by atoms with E-state index in [1.54, 1.807) is 12.1 Å². The lowest BCUT2D eigenvalue weighted by Gasteiger charge is -2.29. The minimum absolute atomic E-state index is 0.264. The normalized spacial score (nSPS) is 20.2. The van der Waals surface area contributed by atoms with Gasteiger partial charge in [-0.2, -0.15) is 0 Å². The molecule has 0 saturated heterocycles. The van der Waals surface area contributed by atoms with Gasteiger partial charge in [0.25, 0.3) is 0 Å². The van der Waals surface area contributed by atoms with E-state index in [0.717, 1.165) is 11.5 Å². The Morgan fingerprint density at radius 3 is 2.47 bits per heavy atom. The van der Waals surface area contributed by atoms with Crippen molar-refractivity contribution in [2.45, 2.75) is 51.2 Å². The van der Waals surface area contributed by atoms with Gasteiger partial charge in [-0.05, 0) is 43.4 Å². The fourth-order valence-electron chi connectivity index (χ4n) is 2.90. The van der Waals surface area contributed by atoms with E-state index in [1.807, 2.05) is 0 Å². The van der Waals surface area contributed by atoms with Gasteiger partial charge in [-0.3, -0.25) is 0 Å². The van der Waals surface area contributed by atoms with Crippen molar-refractivity contribution in [3.05, 3.63) is 35.6 Å². The molecule has 2 rings (SSSR count). The molecule has 0 heterocycles. The maximum absolute atomic E-state index is 12.8. The molecule has 0 amide bonds. The maximum Gasteiger partial charge on any atom is 0.123 e. The number of aliphatic hydroxyl groups is 1. The Hall–Kier alpha value is -0.930. The third-order valence-corrected chi connectivity index (χ3v) is 4.24. The van der Waals surface area contributed by atoms with Crippen LogP contribution in [0.1, 0.15) is 50.7 Å². The first kappa shape index (κ1) is 14.5. The molecule has 0 spiro atoms. The third kappa shape index (κ3) is 4.29. The minimum Gasteiger partial charge on any atom is -0.387 e. The van der Waals surface area contributed by atoms with Gasteiger partial charge in [-0.25, -0.2) is 4.39 Å². The standard InChI is InChI=1S/C16H24FNO/c1-12(13-5-3-2-4-6-13)18-11-16(19)14-7-9-15(17)10-8-14/h7-10,12-13,16,18-19H,2-6,11H2,1H3/t12-,16?/m0/s1. The van der Waals surface area contributed by atoms with E-state index in [0.29, 0.717) is 12.6 Å². The number of aliphatic hydroxyl groups excluding tert-OH is 1. The molecule has 1 aliphatic carbocycles. The summed E-state index contributed by atoms with van der Waals surface area (Å²) in [5, 5.41) is 13.5. The molecule has 1 aliphatic rings. The fraction of sp³-hybridized carbons (Fsp3) is 0.625. The molecule has 3 heteroatoms. The van der Waals surface area contributed by atoms with Gasteiger partial charge in [-0.1, -0.05) is 31.4 Å². The highest BCUT2D eigenvalue weighted by atomic mass is 19.1. The minimum atomic E-state index is -0.563. The largest absolute Gasteiger partial charge is 0.387 e. The molecule has 1 fully saturated rings. The molecular formula is C16H24FNO. The SMILES string of the molecule is C[C@H](NCC(O)c1ccc(F)cc1)C1CCCCC1. The summed E-state index contributed by atoms with van der Waals surface area (Å²) in [4.78, 5) is 0. The zero-order valence-electron chi connectivity index (χ0n) is 11.6. The first-order valence-electron chi connectivity index (χ1n) is 7.33. The molecule has 1 unspecified atom stereocenters. The fourth-order valence-corrected chi connectivity index (χ4v) is 2.90. The Kier molecular flexibility index (Phi) is 5.34. The van der Waals surface area contributed by atoms with Crippen LogP contribution in [0.3, 0.4) is 0 Å². The summed E-state index contributed by atoms with van der Waals surface area (Å²) >= 11 is 0. The van der Waals surface area contributed by atoms with E-state index in [2.05, 4.69) is 12.2 Å². The zero-order valence-corrected chi connectivity index (χ0v) is 11.6. The molecule has 0 aliphatic heterocycles. The quantitative estimate of drug-likeness (QED) is 0.855. The van der Waals surface area contributed by atoms with Gasteiger partial charge < -0.3 is 10.4 Å². The highest BCUT2D eigenvalue weighted by Crippen LogP contribution is 2.26. The first-order chi connectivity index (χ1) is 9.16. The Balaban J connectivity index is 1.79. The van der Waals surface area contributed by atoms with Crippen LogP contribution in [0.5, 0.6) is 0 Å². The van der Waals surface area contributed by atoms with Crippen molar-refractivity contribution >= 4 is 0 Å². The summed E-state index contributed by atoms with van der Waals surface area (Å²) in [7, 11) is 0. The lowest BCUT2D eigenvalue weighted by atomic mass is 9.84. The number of halogens is 1. The average molecular weight is 265 g/mol. The van der Waals surface area contributed by atoms with Gasteiger partial charge in [0.2, 0.25) is 0 Å². The maximum atomic E-state index is 12.8. The Morgan fingerprint density at radius 1 is 1.21 bits per heavy atom. The van der Waals surface area contributed by atoms with Crippen molar-refractivity contribution in [3.8, 4) is 0 Å². The second kappa shape index (κ2) is 7.01. The van der Waals surface area contributed by atoms with E-state index in [-0.39, 0.29) is 5.82 Å². The molecule has 2 atom stereocenters. The predicted molar refractivity (Wildman–Crippen MR) is 75.4 cm³/mol. The van der Waals surface area contributed by atoms with Crippen molar-refractivity contribution in [1.82, 2.24) is 5.32 Å². The summed E-state index contributed by atoms with van der Waals surface area (Å²) in [5.41, 5.74) is 0.768. The molecule has 0 bridgehead atoms. The van der Waals surface area contributed by atoms with Crippen molar-refractivity contribution in [2.75, 3.05) is 6.54 Å². The monoisotopic (exact) mass is 265 g/mol. The summed E-state index contributed by atoms with van der Waals surface area (Å²) < 4.78 is 12.8. The molecule has 19 heavy (non-hydrogen) atoms. The number of benzene rings is 1. The van der Waals surface area contributed by atoms with Crippen molar-refractivity contribution in [2.24, 2.45) is 5.92 Å². The van der Waals surface area contributed by atoms with Gasteiger partial charge in [0.15, 0.2) is 0 Å². The molecule has 0 aromatic heterocycles. The summed E-state index contributed by atoms with van der Waals surface area (Å²) in [5.74, 6) is 0.466. The van der Waals surface area contributed by atoms with Crippen LogP contribution in [0.25, 0.3) is 0 Å². The first-order valence-corrected chi connectivity index (χ1v) is 7.33. The lowest BCUT2D eigenvalue weighted by molar-refractivity contribution is 0.161. The highest BCUT2D eigenvalue weighted by Gasteiger charge is 2.20. The van der Waals surface area contributed by atoms with Gasteiger partial charge in [-0.15, -0.1) is 0 Å². The van der Waals surface area contributed by atoms with Crippen LogP contribution >= 0.6 is 0 Å². The van der Waals surface area contributed by atoms with Gasteiger partial charge >= 0.3 is 0 Å². The van der Waals surface area contributed by atoms with Crippen LogP contribution in [-0.4, -0.2) is 17.7 Å². The molecule has 106 valence electrons. The highest BCUT2D eigenvalue weighted by molar-refractivity contribution is 5.18. The Labute approximate surface area is 115 Å². The molecule has 1 aromatic rings. The molecular weight excluding hydrogens is 241 g/mol. The average Bonchev–Trinajstić information content (AvgIpc) is 2.46. The van der Waals surface area contributed by atoms with Crippen LogP contribution in [0.15, 0.2) is 24.3 Å². The number of nitrogens with one attached hydrogen (secondary N) is 1. The van der Waals surface area contributed by atoms with Crippen molar-refractivity contribution in [1.29, 1.82) is 0 Å². The molecule has 0 radical (unpaired) electrons. The molecule has 1 aromatic carbocycles. The molecule has 2 nitrogen and oxygen atoms in total. The van der Waals surface area contributed by atoms with Crippen LogP contribution in [-0.2, 0) is 0 Å². The number of rotatable bonds is 5. The van der Waals surface area contributed by atoms with Crippen LogP contribution in [0.4, 0.5) is 4.39 Å². The Bertz CT molecular complexity index is 373. The van der Waals surface area contributed by atoms with Crippen LogP contribution < -0.4 is 5.32 Å². The number of hydrogen-bond acceptors (Lipinski definition) is 2. The van der Waals surface area contributed by atoms with E-state index in [9.17, 15) is 9.50 Å². The van der Waals surface area contributed by atoms with Gasteiger partial charge in [0, 0.05) is 12.6 Å². The van der Waals surface area contributed by atoms with Crippen LogP contribution in [0.2, 0.25) is 0 Å². The summed E-state index contributed by atoms with van der Waals surface area (Å²) in [6.45, 7) is 2.73. The van der Waals surface area contributed by atoms with E-state index >= 15 is 0 Å². The smallest absolute Gasteiger partial charge is 0.123 e. The predicted octanol–water partition coefficient (Wildman–Crippen LogP) is 3.42. The Morgan fingerprint density at radius 2 is 1.84 bits per heavy atom. The second-order valence-corrected chi connectivity index (χ2v) is 5.66. The second-order valence-electron chi connectivity index (χ2n) is 5.66. The molecule has 2 N–H and O–H groups in total. The summed E-state index contributed by atoms with van der Waals surface area (Å²) in [6, 6.07) is 6.52. The summed E-state index contributed by atoms with van der Waals surface area (Å²) in [6.07, 6.45) is 6.05. The van der Waals surface area contributed by atoms with Crippen molar-refractivity contribution < 1.29 is 9.50 Å². The van der Waals surface area contributed by atoms with Gasteiger partial charge in [0.05, 0.1) is 6.10 Å². The van der Waals surface area contributed by atoms with Crippen molar-refractivity contribution in [3.63, 3.8) is 0 Å². The van der Waals surface area contributed by atoms with E-state index in [4.69, 9.17) is 0 Å². The van der Waals surface area contributed by atoms with Crippen LogP contribution in [0, 0.1) is 11.7 Å².